The van der Waals surface area contributed by atoms with Crippen molar-refractivity contribution in [1.82, 2.24) is 0 Å². The molecule has 0 saturated carbocycles. The molecule has 0 bridgehead atoms. The van der Waals surface area contributed by atoms with E-state index in [1.807, 2.05) is 0 Å². The molecule has 0 unspecified atom stereocenters. The van der Waals surface area contributed by atoms with Crippen molar-refractivity contribution in [3.8, 4) is 0 Å². The molecular formula is C11H11BrTi. The molecule has 13 heavy (non-hydrogen) atoms. The Morgan fingerprint density at radius 2 is 1.46 bits per heavy atom. The van der Waals surface area contributed by atoms with Crippen LogP contribution in [0.1, 0.15) is 12.8 Å². The van der Waals surface area contributed by atoms with E-state index in [1.54, 1.807) is 0 Å². The van der Waals surface area contributed by atoms with Gasteiger partial charge < -0.3 is 0 Å². The minimum atomic E-state index is 0. The molecule has 0 aromatic rings. The average molecular weight is 271 g/mol. The third-order valence-corrected chi connectivity index (χ3v) is 3.43. The van der Waals surface area contributed by atoms with Crippen molar-refractivity contribution >= 4 is 15.9 Å². The maximum atomic E-state index is 3.71. The monoisotopic (exact) mass is 270 g/mol. The van der Waals surface area contributed by atoms with Crippen LogP contribution in [0.4, 0.5) is 0 Å². The van der Waals surface area contributed by atoms with Crippen LogP contribution in [-0.2, 0) is 21.7 Å². The molecule has 0 aliphatic heterocycles. The van der Waals surface area contributed by atoms with Crippen molar-refractivity contribution in [2.75, 3.05) is 0 Å². The van der Waals surface area contributed by atoms with Crippen LogP contribution in [0.2, 0.25) is 0 Å². The topological polar surface area (TPSA) is 0 Å². The molecule has 0 amide bonds. The van der Waals surface area contributed by atoms with Crippen molar-refractivity contribution < 1.29 is 21.7 Å². The fraction of sp³-hybridized carbons (Fsp3) is 0.273. The first kappa shape index (κ1) is 11.2. The number of hydrogen-bond acceptors (Lipinski definition) is 0. The second-order valence-electron chi connectivity index (χ2n) is 3.11. The Bertz CT molecular complexity index is 267. The summed E-state index contributed by atoms with van der Waals surface area (Å²) in [5.74, 6) is 0. The van der Waals surface area contributed by atoms with Crippen LogP contribution in [0.25, 0.3) is 0 Å². The SMILES string of the molecule is BrC(C1=CC=CC1)C1=CC=CC1.[Ti]. The van der Waals surface area contributed by atoms with Crippen LogP contribution in [-0.4, -0.2) is 4.83 Å². The summed E-state index contributed by atoms with van der Waals surface area (Å²) in [5, 5.41) is 0. The van der Waals surface area contributed by atoms with E-state index in [1.165, 1.54) is 11.1 Å². The Labute approximate surface area is 102 Å². The third kappa shape index (κ3) is 2.55. The van der Waals surface area contributed by atoms with Crippen LogP contribution in [0.5, 0.6) is 0 Å². The van der Waals surface area contributed by atoms with Gasteiger partial charge in [0.2, 0.25) is 0 Å². The molecule has 0 heterocycles. The zero-order valence-electron chi connectivity index (χ0n) is 7.33. The summed E-state index contributed by atoms with van der Waals surface area (Å²) in [4.78, 5) is 0.461. The van der Waals surface area contributed by atoms with E-state index in [4.69, 9.17) is 0 Å². The molecule has 2 aliphatic carbocycles. The van der Waals surface area contributed by atoms with Gasteiger partial charge in [-0.1, -0.05) is 52.4 Å². The zero-order chi connectivity index (χ0) is 8.39. The number of halogens is 1. The minimum Gasteiger partial charge on any atom is -0.0804 e. The minimum absolute atomic E-state index is 0. The van der Waals surface area contributed by atoms with Crippen LogP contribution >= 0.6 is 15.9 Å². The van der Waals surface area contributed by atoms with Gasteiger partial charge >= 0.3 is 0 Å². The summed E-state index contributed by atoms with van der Waals surface area (Å²) in [7, 11) is 0. The summed E-state index contributed by atoms with van der Waals surface area (Å²) in [5.41, 5.74) is 2.95. The molecule has 0 fully saturated rings. The van der Waals surface area contributed by atoms with Gasteiger partial charge in [-0.25, -0.2) is 0 Å². The Morgan fingerprint density at radius 1 is 1.00 bits per heavy atom. The Morgan fingerprint density at radius 3 is 1.77 bits per heavy atom. The van der Waals surface area contributed by atoms with E-state index < -0.39 is 0 Å². The van der Waals surface area contributed by atoms with Gasteiger partial charge in [0.15, 0.2) is 0 Å². The molecular weight excluding hydrogens is 260 g/mol. The van der Waals surface area contributed by atoms with Gasteiger partial charge in [0.1, 0.15) is 0 Å². The fourth-order valence-corrected chi connectivity index (χ4v) is 2.22. The molecule has 0 aromatic heterocycles. The molecule has 0 atom stereocenters. The van der Waals surface area contributed by atoms with Crippen LogP contribution < -0.4 is 0 Å². The smallest absolute Gasteiger partial charge is 0.0576 e. The van der Waals surface area contributed by atoms with Gasteiger partial charge in [-0.3, -0.25) is 0 Å². The van der Waals surface area contributed by atoms with Crippen LogP contribution in [0.15, 0.2) is 47.6 Å². The second kappa shape index (κ2) is 5.14. The van der Waals surface area contributed by atoms with Gasteiger partial charge in [-0.05, 0) is 24.0 Å². The van der Waals surface area contributed by atoms with Crippen LogP contribution in [0.3, 0.4) is 0 Å². The van der Waals surface area contributed by atoms with Crippen LogP contribution in [0, 0.1) is 0 Å². The van der Waals surface area contributed by atoms with Crippen molar-refractivity contribution in [2.45, 2.75) is 17.7 Å². The largest absolute Gasteiger partial charge is 0.0804 e. The maximum absolute atomic E-state index is 3.71. The van der Waals surface area contributed by atoms with Gasteiger partial charge in [-0.15, -0.1) is 0 Å². The number of rotatable bonds is 2. The van der Waals surface area contributed by atoms with Gasteiger partial charge in [0.05, 0.1) is 4.83 Å². The van der Waals surface area contributed by atoms with E-state index in [-0.39, 0.29) is 21.7 Å². The fourth-order valence-electron chi connectivity index (χ4n) is 1.54. The second-order valence-corrected chi connectivity index (χ2v) is 4.03. The standard InChI is InChI=1S/C11H11Br.Ti/c12-11(9-5-1-2-6-9)10-7-3-4-8-10;/h1-5,7,11H,6,8H2;. The molecule has 0 spiro atoms. The quantitative estimate of drug-likeness (QED) is 0.532. The summed E-state index contributed by atoms with van der Waals surface area (Å²) >= 11 is 3.71. The zero-order valence-corrected chi connectivity index (χ0v) is 10.5. The van der Waals surface area contributed by atoms with Crippen molar-refractivity contribution in [1.29, 1.82) is 0 Å². The maximum Gasteiger partial charge on any atom is 0.0576 e. The Balaban J connectivity index is 0.000000845. The van der Waals surface area contributed by atoms with E-state index in [2.05, 4.69) is 52.4 Å². The summed E-state index contributed by atoms with van der Waals surface area (Å²) in [6.45, 7) is 0. The predicted molar refractivity (Wildman–Crippen MR) is 56.4 cm³/mol. The summed E-state index contributed by atoms with van der Waals surface area (Å²) < 4.78 is 0. The first-order chi connectivity index (χ1) is 5.88. The molecule has 0 radical (unpaired) electrons. The predicted octanol–water partition coefficient (Wildman–Crippen LogP) is 3.52. The van der Waals surface area contributed by atoms with E-state index in [0.29, 0.717) is 4.83 Å². The first-order valence-electron chi connectivity index (χ1n) is 4.23. The van der Waals surface area contributed by atoms with Crippen molar-refractivity contribution in [2.24, 2.45) is 0 Å². The van der Waals surface area contributed by atoms with E-state index in [0.717, 1.165) is 12.8 Å². The average Bonchev–Trinajstić information content (AvgIpc) is 2.77. The summed E-state index contributed by atoms with van der Waals surface area (Å²) in [6, 6.07) is 0. The number of allylic oxidation sites excluding steroid dienone is 8. The molecule has 66 valence electrons. The molecule has 0 saturated heterocycles. The normalized spacial score (nSPS) is 18.9. The molecule has 0 N–H and O–H groups in total. The Hall–Kier alpha value is 0.154. The molecule has 0 nitrogen and oxygen atoms in total. The van der Waals surface area contributed by atoms with Gasteiger partial charge in [0, 0.05) is 21.7 Å². The molecule has 2 rings (SSSR count). The van der Waals surface area contributed by atoms with Gasteiger partial charge in [-0.2, -0.15) is 0 Å². The number of alkyl halides is 1. The third-order valence-electron chi connectivity index (χ3n) is 2.25. The molecule has 2 aliphatic rings. The summed E-state index contributed by atoms with van der Waals surface area (Å²) in [6.07, 6.45) is 15.3. The molecule has 2 heteroatoms. The Kier molecular flexibility index (Phi) is 4.44. The van der Waals surface area contributed by atoms with Gasteiger partial charge in [0.25, 0.3) is 0 Å². The van der Waals surface area contributed by atoms with Crippen molar-refractivity contribution in [3.05, 3.63) is 47.6 Å². The van der Waals surface area contributed by atoms with E-state index >= 15 is 0 Å². The first-order valence-corrected chi connectivity index (χ1v) is 5.15. The van der Waals surface area contributed by atoms with Crippen molar-refractivity contribution in [3.63, 3.8) is 0 Å². The number of hydrogen-bond donors (Lipinski definition) is 0. The van der Waals surface area contributed by atoms with E-state index in [9.17, 15) is 0 Å². The molecule has 0 aromatic carbocycles.